The number of pyridine rings is 1. The molecular weight excluding hydrogens is 242 g/mol. The van der Waals surface area contributed by atoms with Gasteiger partial charge < -0.3 is 0 Å². The molecule has 0 N–H and O–H groups in total. The molecule has 1 heterocycles. The molecule has 0 bridgehead atoms. The lowest BCUT2D eigenvalue weighted by Crippen LogP contribution is -2.02. The van der Waals surface area contributed by atoms with Crippen LogP contribution in [0.3, 0.4) is 0 Å². The molecule has 1 nitrogen and oxygen atoms in total. The van der Waals surface area contributed by atoms with Gasteiger partial charge in [0.2, 0.25) is 0 Å². The zero-order valence-electron chi connectivity index (χ0n) is 13.6. The number of nitrogens with zero attached hydrogens (tertiary/aromatic N) is 1. The van der Waals surface area contributed by atoms with Crippen molar-refractivity contribution >= 4 is 0 Å². The maximum atomic E-state index is 4.59. The molecular formula is C19H33N. The minimum Gasteiger partial charge on any atom is -0.261 e. The topological polar surface area (TPSA) is 12.9 Å². The van der Waals surface area contributed by atoms with Gasteiger partial charge in [-0.15, -0.1) is 0 Å². The minimum absolute atomic E-state index is 0.690. The van der Waals surface area contributed by atoms with Crippen molar-refractivity contribution in [2.24, 2.45) is 0 Å². The summed E-state index contributed by atoms with van der Waals surface area (Å²) in [6, 6.07) is 6.38. The normalized spacial score (nSPS) is 12.5. The van der Waals surface area contributed by atoms with Crippen LogP contribution in [0.4, 0.5) is 0 Å². The van der Waals surface area contributed by atoms with Gasteiger partial charge in [-0.05, 0) is 25.0 Å². The summed E-state index contributed by atoms with van der Waals surface area (Å²) >= 11 is 0. The molecule has 0 aliphatic rings. The lowest BCUT2D eigenvalue weighted by Gasteiger charge is -2.16. The highest BCUT2D eigenvalue weighted by atomic mass is 14.7. The van der Waals surface area contributed by atoms with Gasteiger partial charge in [0.15, 0.2) is 0 Å². The van der Waals surface area contributed by atoms with Crippen LogP contribution in [0.25, 0.3) is 0 Å². The van der Waals surface area contributed by atoms with E-state index in [1.807, 2.05) is 12.3 Å². The first kappa shape index (κ1) is 17.2. The van der Waals surface area contributed by atoms with E-state index in [1.54, 1.807) is 0 Å². The van der Waals surface area contributed by atoms with E-state index in [-0.39, 0.29) is 0 Å². The van der Waals surface area contributed by atoms with Crippen molar-refractivity contribution < 1.29 is 0 Å². The van der Waals surface area contributed by atoms with Gasteiger partial charge >= 0.3 is 0 Å². The highest BCUT2D eigenvalue weighted by Crippen LogP contribution is 2.27. The molecule has 0 aliphatic carbocycles. The van der Waals surface area contributed by atoms with E-state index >= 15 is 0 Å². The van der Waals surface area contributed by atoms with Crippen molar-refractivity contribution in [1.29, 1.82) is 0 Å². The molecule has 20 heavy (non-hydrogen) atoms. The molecule has 114 valence electrons. The predicted octanol–water partition coefficient (Wildman–Crippen LogP) is 6.50. The van der Waals surface area contributed by atoms with Gasteiger partial charge in [-0.25, -0.2) is 0 Å². The second-order valence-corrected chi connectivity index (χ2v) is 6.00. The highest BCUT2D eigenvalue weighted by Gasteiger charge is 2.11. The Morgan fingerprint density at radius 1 is 0.800 bits per heavy atom. The first-order valence-corrected chi connectivity index (χ1v) is 8.79. The molecule has 1 rings (SSSR count). The average Bonchev–Trinajstić information content (AvgIpc) is 2.50. The third-order valence-electron chi connectivity index (χ3n) is 4.17. The summed E-state index contributed by atoms with van der Waals surface area (Å²) in [5.74, 6) is 0.690. The van der Waals surface area contributed by atoms with E-state index in [2.05, 4.69) is 31.0 Å². The fourth-order valence-corrected chi connectivity index (χ4v) is 2.87. The third kappa shape index (κ3) is 7.67. The van der Waals surface area contributed by atoms with Crippen molar-refractivity contribution in [1.82, 2.24) is 4.98 Å². The SMILES string of the molecule is CCCCCCCC(CCCCCC)c1ccccn1. The van der Waals surface area contributed by atoms with Crippen molar-refractivity contribution in [3.8, 4) is 0 Å². The van der Waals surface area contributed by atoms with Crippen LogP contribution in [0.15, 0.2) is 24.4 Å². The van der Waals surface area contributed by atoms with Gasteiger partial charge in [-0.1, -0.05) is 77.7 Å². The zero-order chi connectivity index (χ0) is 14.5. The molecule has 0 radical (unpaired) electrons. The number of hydrogen-bond donors (Lipinski definition) is 0. The average molecular weight is 275 g/mol. The lowest BCUT2D eigenvalue weighted by molar-refractivity contribution is 0.486. The second kappa shape index (κ2) is 11.9. The summed E-state index contributed by atoms with van der Waals surface area (Å²) in [5.41, 5.74) is 1.32. The number of rotatable bonds is 12. The van der Waals surface area contributed by atoms with E-state index in [0.29, 0.717) is 5.92 Å². The first-order chi connectivity index (χ1) is 9.88. The Labute approximate surface area is 126 Å². The number of unbranched alkanes of at least 4 members (excludes halogenated alkanes) is 7. The Bertz CT molecular complexity index is 307. The van der Waals surface area contributed by atoms with Crippen LogP contribution in [0, 0.1) is 0 Å². The molecule has 0 spiro atoms. The van der Waals surface area contributed by atoms with Crippen LogP contribution in [0.1, 0.15) is 96.1 Å². The summed E-state index contributed by atoms with van der Waals surface area (Å²) in [4.78, 5) is 4.59. The summed E-state index contributed by atoms with van der Waals surface area (Å²) in [6.07, 6.45) is 17.0. The van der Waals surface area contributed by atoms with Crippen molar-refractivity contribution in [2.45, 2.75) is 90.4 Å². The third-order valence-corrected chi connectivity index (χ3v) is 4.17. The lowest BCUT2D eigenvalue weighted by atomic mass is 9.91. The Morgan fingerprint density at radius 2 is 1.40 bits per heavy atom. The standard InChI is InChI=1S/C19H33N/c1-3-5-7-9-11-15-18(14-10-8-6-4-2)19-16-12-13-17-20-19/h12-13,16-18H,3-11,14-15H2,1-2H3. The smallest absolute Gasteiger partial charge is 0.0434 e. The maximum Gasteiger partial charge on any atom is 0.0434 e. The van der Waals surface area contributed by atoms with Crippen LogP contribution in [0.2, 0.25) is 0 Å². The Morgan fingerprint density at radius 3 is 1.95 bits per heavy atom. The van der Waals surface area contributed by atoms with Crippen molar-refractivity contribution in [2.75, 3.05) is 0 Å². The Kier molecular flexibility index (Phi) is 10.3. The molecule has 1 heteroatoms. The second-order valence-electron chi connectivity index (χ2n) is 6.00. The molecule has 1 aromatic rings. The van der Waals surface area contributed by atoms with E-state index < -0.39 is 0 Å². The molecule has 1 atom stereocenters. The monoisotopic (exact) mass is 275 g/mol. The van der Waals surface area contributed by atoms with Crippen LogP contribution in [-0.4, -0.2) is 4.98 Å². The first-order valence-electron chi connectivity index (χ1n) is 8.79. The fourth-order valence-electron chi connectivity index (χ4n) is 2.87. The summed E-state index contributed by atoms with van der Waals surface area (Å²) in [5, 5.41) is 0. The Balaban J connectivity index is 2.35. The molecule has 0 fully saturated rings. The predicted molar refractivity (Wildman–Crippen MR) is 89.1 cm³/mol. The molecule has 1 aromatic heterocycles. The van der Waals surface area contributed by atoms with Crippen LogP contribution in [-0.2, 0) is 0 Å². The summed E-state index contributed by atoms with van der Waals surface area (Å²) < 4.78 is 0. The molecule has 0 amide bonds. The van der Waals surface area contributed by atoms with Crippen LogP contribution >= 0.6 is 0 Å². The number of hydrogen-bond acceptors (Lipinski definition) is 1. The van der Waals surface area contributed by atoms with Gasteiger partial charge in [0.05, 0.1) is 0 Å². The van der Waals surface area contributed by atoms with E-state index in [0.717, 1.165) is 0 Å². The maximum absolute atomic E-state index is 4.59. The quantitative estimate of drug-likeness (QED) is 0.397. The summed E-state index contributed by atoms with van der Waals surface area (Å²) in [6.45, 7) is 4.56. The van der Waals surface area contributed by atoms with E-state index in [4.69, 9.17) is 0 Å². The van der Waals surface area contributed by atoms with E-state index in [9.17, 15) is 0 Å². The molecule has 0 aliphatic heterocycles. The van der Waals surface area contributed by atoms with Gasteiger partial charge in [0, 0.05) is 17.8 Å². The van der Waals surface area contributed by atoms with E-state index in [1.165, 1.54) is 76.3 Å². The minimum atomic E-state index is 0.690. The molecule has 0 saturated heterocycles. The van der Waals surface area contributed by atoms with Gasteiger partial charge in [0.25, 0.3) is 0 Å². The fraction of sp³-hybridized carbons (Fsp3) is 0.737. The van der Waals surface area contributed by atoms with Crippen molar-refractivity contribution in [3.05, 3.63) is 30.1 Å². The van der Waals surface area contributed by atoms with Crippen molar-refractivity contribution in [3.63, 3.8) is 0 Å². The molecule has 0 aromatic carbocycles. The molecule has 1 unspecified atom stereocenters. The molecule has 0 saturated carbocycles. The van der Waals surface area contributed by atoms with Gasteiger partial charge in [-0.2, -0.15) is 0 Å². The van der Waals surface area contributed by atoms with Crippen LogP contribution in [0.5, 0.6) is 0 Å². The van der Waals surface area contributed by atoms with Crippen LogP contribution < -0.4 is 0 Å². The zero-order valence-corrected chi connectivity index (χ0v) is 13.6. The Hall–Kier alpha value is -0.850. The van der Waals surface area contributed by atoms with Gasteiger partial charge in [0.1, 0.15) is 0 Å². The highest BCUT2D eigenvalue weighted by molar-refractivity contribution is 5.09. The number of aromatic nitrogens is 1. The largest absolute Gasteiger partial charge is 0.261 e. The van der Waals surface area contributed by atoms with Gasteiger partial charge in [-0.3, -0.25) is 4.98 Å². The summed E-state index contributed by atoms with van der Waals surface area (Å²) in [7, 11) is 0.